The number of H-pyrrole nitrogens is 1. The van der Waals surface area contributed by atoms with E-state index in [-0.39, 0.29) is 24.1 Å². The molecular weight excluding hydrogens is 416 g/mol. The molecule has 0 aliphatic carbocycles. The molecule has 0 bridgehead atoms. The number of nitrogens with one attached hydrogen (secondary N) is 2. The SMILES string of the molecule is CCCc1cc(C)[nH]c(=O)c1CNC(=O)c1cc(OCCN(C)C)cc2c1ccn2C(C)C. The van der Waals surface area contributed by atoms with Crippen LogP contribution in [-0.4, -0.2) is 47.6 Å². The van der Waals surface area contributed by atoms with Crippen LogP contribution in [0.5, 0.6) is 5.75 Å². The maximum Gasteiger partial charge on any atom is 0.253 e. The van der Waals surface area contributed by atoms with Gasteiger partial charge in [-0.15, -0.1) is 0 Å². The van der Waals surface area contributed by atoms with Crippen molar-refractivity contribution in [2.45, 2.75) is 53.1 Å². The van der Waals surface area contributed by atoms with E-state index >= 15 is 0 Å². The van der Waals surface area contributed by atoms with Crippen LogP contribution in [0, 0.1) is 6.92 Å². The molecule has 0 fully saturated rings. The van der Waals surface area contributed by atoms with Crippen molar-refractivity contribution < 1.29 is 9.53 Å². The summed E-state index contributed by atoms with van der Waals surface area (Å²) in [7, 11) is 3.99. The average molecular weight is 453 g/mol. The number of likely N-dealkylation sites (N-methyl/N-ethyl adjacent to an activating group) is 1. The molecule has 0 unspecified atom stereocenters. The van der Waals surface area contributed by atoms with E-state index < -0.39 is 0 Å². The van der Waals surface area contributed by atoms with E-state index in [0.717, 1.165) is 41.5 Å². The molecule has 0 aliphatic heterocycles. The number of amides is 1. The van der Waals surface area contributed by atoms with Crippen LogP contribution in [0.25, 0.3) is 10.9 Å². The summed E-state index contributed by atoms with van der Waals surface area (Å²) in [6.45, 7) is 9.66. The predicted octanol–water partition coefficient (Wildman–Crippen LogP) is 4.04. The van der Waals surface area contributed by atoms with Gasteiger partial charge < -0.3 is 24.5 Å². The van der Waals surface area contributed by atoms with E-state index in [9.17, 15) is 9.59 Å². The van der Waals surface area contributed by atoms with Gasteiger partial charge in [0, 0.05) is 48.0 Å². The molecule has 7 heteroatoms. The van der Waals surface area contributed by atoms with Crippen molar-refractivity contribution >= 4 is 16.8 Å². The molecule has 7 nitrogen and oxygen atoms in total. The number of hydrogen-bond donors (Lipinski definition) is 2. The van der Waals surface area contributed by atoms with Crippen LogP contribution in [0.15, 0.2) is 35.3 Å². The number of hydrogen-bond acceptors (Lipinski definition) is 4. The van der Waals surface area contributed by atoms with Gasteiger partial charge >= 0.3 is 0 Å². The monoisotopic (exact) mass is 452 g/mol. The molecule has 3 aromatic rings. The van der Waals surface area contributed by atoms with Crippen LogP contribution >= 0.6 is 0 Å². The van der Waals surface area contributed by atoms with Crippen LogP contribution in [0.1, 0.15) is 60.4 Å². The molecule has 1 aromatic carbocycles. The minimum atomic E-state index is -0.220. The van der Waals surface area contributed by atoms with Gasteiger partial charge in [0.05, 0.1) is 11.1 Å². The predicted molar refractivity (Wildman–Crippen MR) is 133 cm³/mol. The maximum absolute atomic E-state index is 13.3. The Bertz CT molecular complexity index is 1170. The Balaban J connectivity index is 1.92. The van der Waals surface area contributed by atoms with E-state index in [0.29, 0.717) is 23.5 Å². The van der Waals surface area contributed by atoms with Crippen LogP contribution in [0.3, 0.4) is 0 Å². The number of fused-ring (bicyclic) bond motifs is 1. The number of carbonyl (C=O) groups excluding carboxylic acids is 1. The van der Waals surface area contributed by atoms with Crippen molar-refractivity contribution in [2.24, 2.45) is 0 Å². The molecule has 33 heavy (non-hydrogen) atoms. The first-order chi connectivity index (χ1) is 15.7. The number of aromatic amines is 1. The minimum absolute atomic E-state index is 0.143. The molecule has 0 saturated carbocycles. The van der Waals surface area contributed by atoms with E-state index in [1.54, 1.807) is 6.07 Å². The summed E-state index contributed by atoms with van der Waals surface area (Å²) in [6.07, 6.45) is 3.73. The Labute approximate surface area is 195 Å². The van der Waals surface area contributed by atoms with Crippen molar-refractivity contribution in [1.82, 2.24) is 19.8 Å². The lowest BCUT2D eigenvalue weighted by Gasteiger charge is -2.15. The molecule has 2 aromatic heterocycles. The largest absolute Gasteiger partial charge is 0.492 e. The molecule has 178 valence electrons. The molecule has 0 spiro atoms. The standard InChI is InChI=1S/C26H36N4O3/c1-7-8-19-13-18(4)28-26(32)23(19)16-27-25(31)22-14-20(33-12-11-29(5)6)15-24-21(22)9-10-30(24)17(2)3/h9-10,13-15,17H,7-8,11-12,16H2,1-6H3,(H,27,31)(H,28,32). The fourth-order valence-corrected chi connectivity index (χ4v) is 4.04. The number of aryl methyl sites for hydroxylation is 2. The number of ether oxygens (including phenoxy) is 1. The van der Waals surface area contributed by atoms with Crippen molar-refractivity contribution in [3.8, 4) is 5.75 Å². The smallest absolute Gasteiger partial charge is 0.253 e. The first kappa shape index (κ1) is 24.6. The molecule has 0 atom stereocenters. The second kappa shape index (κ2) is 10.7. The van der Waals surface area contributed by atoms with E-state index in [4.69, 9.17) is 4.74 Å². The number of rotatable bonds is 10. The van der Waals surface area contributed by atoms with Crippen molar-refractivity contribution in [3.63, 3.8) is 0 Å². The zero-order valence-electron chi connectivity index (χ0n) is 20.6. The highest BCUT2D eigenvalue weighted by molar-refractivity contribution is 6.07. The lowest BCUT2D eigenvalue weighted by atomic mass is 10.0. The van der Waals surface area contributed by atoms with E-state index in [2.05, 4.69) is 40.5 Å². The molecule has 1 amide bonds. The molecule has 0 aliphatic rings. The average Bonchev–Trinajstić information content (AvgIpc) is 3.16. The van der Waals surface area contributed by atoms with Crippen LogP contribution in [-0.2, 0) is 13.0 Å². The summed E-state index contributed by atoms with van der Waals surface area (Å²) >= 11 is 0. The van der Waals surface area contributed by atoms with Crippen molar-refractivity contribution in [2.75, 3.05) is 27.2 Å². The Hall–Kier alpha value is -3.06. The first-order valence-corrected chi connectivity index (χ1v) is 11.6. The number of aromatic nitrogens is 2. The summed E-state index contributed by atoms with van der Waals surface area (Å²) in [5, 5.41) is 3.84. The van der Waals surface area contributed by atoms with Gasteiger partial charge in [0.25, 0.3) is 11.5 Å². The number of carbonyl (C=O) groups is 1. The van der Waals surface area contributed by atoms with Crippen molar-refractivity contribution in [1.29, 1.82) is 0 Å². The topological polar surface area (TPSA) is 79.4 Å². The Morgan fingerprint density at radius 1 is 1.24 bits per heavy atom. The third-order valence-electron chi connectivity index (χ3n) is 5.73. The number of nitrogens with zero attached hydrogens (tertiary/aromatic N) is 2. The molecule has 0 saturated heterocycles. The highest BCUT2D eigenvalue weighted by atomic mass is 16.5. The van der Waals surface area contributed by atoms with Gasteiger partial charge in [-0.2, -0.15) is 0 Å². The third kappa shape index (κ3) is 5.85. The summed E-state index contributed by atoms with van der Waals surface area (Å²) in [5.74, 6) is 0.442. The lowest BCUT2D eigenvalue weighted by Crippen LogP contribution is -2.28. The normalized spacial score (nSPS) is 11.5. The van der Waals surface area contributed by atoms with Crippen LogP contribution < -0.4 is 15.6 Å². The van der Waals surface area contributed by atoms with Crippen LogP contribution in [0.2, 0.25) is 0 Å². The zero-order chi connectivity index (χ0) is 24.1. The fourth-order valence-electron chi connectivity index (χ4n) is 4.04. The van der Waals surface area contributed by atoms with Gasteiger partial charge in [-0.3, -0.25) is 9.59 Å². The third-order valence-corrected chi connectivity index (χ3v) is 5.73. The molecule has 2 N–H and O–H groups in total. The number of benzene rings is 1. The molecular formula is C26H36N4O3. The quantitative estimate of drug-likeness (QED) is 0.487. The second-order valence-electron chi connectivity index (χ2n) is 9.09. The first-order valence-electron chi connectivity index (χ1n) is 11.6. The van der Waals surface area contributed by atoms with Crippen molar-refractivity contribution in [3.05, 3.63) is 63.2 Å². The Morgan fingerprint density at radius 2 is 2.00 bits per heavy atom. The molecule has 0 radical (unpaired) electrons. The lowest BCUT2D eigenvalue weighted by molar-refractivity contribution is 0.0952. The summed E-state index contributed by atoms with van der Waals surface area (Å²) in [6, 6.07) is 8.00. The maximum atomic E-state index is 13.3. The highest BCUT2D eigenvalue weighted by Gasteiger charge is 2.17. The minimum Gasteiger partial charge on any atom is -0.492 e. The second-order valence-corrected chi connectivity index (χ2v) is 9.09. The summed E-state index contributed by atoms with van der Waals surface area (Å²) in [4.78, 5) is 30.8. The molecule has 2 heterocycles. The van der Waals surface area contributed by atoms with E-state index in [1.807, 2.05) is 45.4 Å². The van der Waals surface area contributed by atoms with E-state index in [1.165, 1.54) is 0 Å². The van der Waals surface area contributed by atoms with Gasteiger partial charge in [-0.25, -0.2) is 0 Å². The number of pyridine rings is 1. The summed E-state index contributed by atoms with van der Waals surface area (Å²) in [5.41, 5.74) is 3.79. The van der Waals surface area contributed by atoms with Gasteiger partial charge in [0.1, 0.15) is 12.4 Å². The van der Waals surface area contributed by atoms with Gasteiger partial charge in [-0.1, -0.05) is 13.3 Å². The Morgan fingerprint density at radius 3 is 2.67 bits per heavy atom. The molecule has 3 rings (SSSR count). The van der Waals surface area contributed by atoms with Gasteiger partial charge in [-0.05, 0) is 65.0 Å². The zero-order valence-corrected chi connectivity index (χ0v) is 20.6. The van der Waals surface area contributed by atoms with Crippen LogP contribution in [0.4, 0.5) is 0 Å². The summed E-state index contributed by atoms with van der Waals surface area (Å²) < 4.78 is 8.11. The fraction of sp³-hybridized carbons (Fsp3) is 0.462. The Kier molecular flexibility index (Phi) is 7.97. The van der Waals surface area contributed by atoms with Gasteiger partial charge in [0.15, 0.2) is 0 Å². The highest BCUT2D eigenvalue weighted by Crippen LogP contribution is 2.29. The van der Waals surface area contributed by atoms with Gasteiger partial charge in [0.2, 0.25) is 0 Å².